The van der Waals surface area contributed by atoms with Gasteiger partial charge in [0.25, 0.3) is 0 Å². The van der Waals surface area contributed by atoms with Crippen molar-refractivity contribution in [3.05, 3.63) is 23.2 Å². The molecule has 0 aliphatic carbocycles. The van der Waals surface area contributed by atoms with Gasteiger partial charge in [0, 0.05) is 39.0 Å². The predicted octanol–water partition coefficient (Wildman–Crippen LogP) is 2.15. The van der Waals surface area contributed by atoms with E-state index in [1.165, 1.54) is 11.3 Å². The van der Waals surface area contributed by atoms with Crippen LogP contribution in [0.15, 0.2) is 18.2 Å². The number of fused-ring (bicyclic) bond motifs is 1. The smallest absolute Gasteiger partial charge is 0.248 e. The van der Waals surface area contributed by atoms with Gasteiger partial charge in [0.2, 0.25) is 17.7 Å². The van der Waals surface area contributed by atoms with Gasteiger partial charge in [0.1, 0.15) is 12.1 Å². The van der Waals surface area contributed by atoms with Crippen LogP contribution >= 0.6 is 22.9 Å². The number of nitrogens with zero attached hydrogens (tertiary/aromatic N) is 4. The monoisotopic (exact) mass is 450 g/mol. The SMILES string of the molecule is O=C1CCC(=O)N1CC(=O)N(CCCN1CCOCC1)c1nc2c(Cl)cccc2s1. The first kappa shape index (κ1) is 21.2. The number of rotatable bonds is 7. The predicted molar refractivity (Wildman–Crippen MR) is 115 cm³/mol. The minimum absolute atomic E-state index is 0.167. The molecule has 2 aromatic rings. The summed E-state index contributed by atoms with van der Waals surface area (Å²) in [6.07, 6.45) is 1.08. The number of morpholine rings is 1. The van der Waals surface area contributed by atoms with Gasteiger partial charge in [-0.1, -0.05) is 29.0 Å². The van der Waals surface area contributed by atoms with E-state index >= 15 is 0 Å². The highest BCUT2D eigenvalue weighted by atomic mass is 35.5. The number of amides is 3. The van der Waals surface area contributed by atoms with Gasteiger partial charge in [-0.05, 0) is 18.6 Å². The molecule has 10 heteroatoms. The molecule has 2 aliphatic rings. The van der Waals surface area contributed by atoms with Crippen molar-refractivity contribution < 1.29 is 19.1 Å². The summed E-state index contributed by atoms with van der Waals surface area (Å²) in [7, 11) is 0. The van der Waals surface area contributed by atoms with Crippen molar-refractivity contribution >= 4 is 56.0 Å². The number of likely N-dealkylation sites (tertiary alicyclic amines) is 1. The Hall–Kier alpha value is -2.07. The lowest BCUT2D eigenvalue weighted by molar-refractivity contribution is -0.141. The van der Waals surface area contributed by atoms with Gasteiger partial charge in [-0.2, -0.15) is 0 Å². The highest BCUT2D eigenvalue weighted by Gasteiger charge is 2.32. The van der Waals surface area contributed by atoms with E-state index in [0.717, 1.165) is 48.9 Å². The standard InChI is InChI=1S/C20H23ClN4O4S/c21-14-3-1-4-15-19(14)22-20(30-15)24(8-2-7-23-9-11-29-12-10-23)18(28)13-25-16(26)5-6-17(25)27/h1,3-4H,2,5-13H2. The van der Waals surface area contributed by atoms with Crippen molar-refractivity contribution in [2.75, 3.05) is 50.8 Å². The van der Waals surface area contributed by atoms with Gasteiger partial charge in [-0.25, -0.2) is 4.98 Å². The lowest BCUT2D eigenvalue weighted by Crippen LogP contribution is -2.44. The van der Waals surface area contributed by atoms with Crippen LogP contribution in [-0.2, 0) is 19.1 Å². The molecule has 0 atom stereocenters. The summed E-state index contributed by atoms with van der Waals surface area (Å²) in [5, 5.41) is 1.06. The number of hydrogen-bond donors (Lipinski definition) is 0. The molecule has 1 aromatic carbocycles. The van der Waals surface area contributed by atoms with Crippen LogP contribution < -0.4 is 4.90 Å². The molecule has 0 N–H and O–H groups in total. The maximum absolute atomic E-state index is 13.1. The molecule has 2 fully saturated rings. The number of halogens is 1. The Bertz CT molecular complexity index is 943. The van der Waals surface area contributed by atoms with E-state index in [4.69, 9.17) is 16.3 Å². The summed E-state index contributed by atoms with van der Waals surface area (Å²) in [6.45, 7) is 4.22. The number of hydrogen-bond acceptors (Lipinski definition) is 7. The van der Waals surface area contributed by atoms with E-state index < -0.39 is 0 Å². The van der Waals surface area contributed by atoms with Crippen molar-refractivity contribution in [3.63, 3.8) is 0 Å². The van der Waals surface area contributed by atoms with Crippen molar-refractivity contribution in [3.8, 4) is 0 Å². The minimum Gasteiger partial charge on any atom is -0.379 e. The number of imide groups is 1. The number of para-hydroxylation sites is 1. The summed E-state index contributed by atoms with van der Waals surface area (Å²) in [4.78, 5) is 46.6. The summed E-state index contributed by atoms with van der Waals surface area (Å²) >= 11 is 7.64. The molecule has 3 amide bonds. The highest BCUT2D eigenvalue weighted by Crippen LogP contribution is 2.33. The third-order valence-electron chi connectivity index (χ3n) is 5.30. The van der Waals surface area contributed by atoms with E-state index in [1.54, 1.807) is 11.0 Å². The van der Waals surface area contributed by atoms with Gasteiger partial charge in [-0.3, -0.25) is 29.1 Å². The molecular formula is C20H23ClN4O4S. The second-order valence-corrected chi connectivity index (χ2v) is 8.73. The van der Waals surface area contributed by atoms with E-state index in [0.29, 0.717) is 22.2 Å². The van der Waals surface area contributed by atoms with Crippen LogP contribution in [0.1, 0.15) is 19.3 Å². The molecule has 30 heavy (non-hydrogen) atoms. The number of benzene rings is 1. The van der Waals surface area contributed by atoms with Crippen LogP contribution in [0.25, 0.3) is 10.2 Å². The van der Waals surface area contributed by atoms with Crippen LogP contribution in [0, 0.1) is 0 Å². The van der Waals surface area contributed by atoms with Gasteiger partial charge in [0.15, 0.2) is 5.13 Å². The Balaban J connectivity index is 1.51. The molecule has 0 saturated carbocycles. The molecule has 8 nitrogen and oxygen atoms in total. The molecule has 0 spiro atoms. The fourth-order valence-electron chi connectivity index (χ4n) is 3.64. The summed E-state index contributed by atoms with van der Waals surface area (Å²) < 4.78 is 6.26. The number of ether oxygens (including phenoxy) is 1. The molecular weight excluding hydrogens is 428 g/mol. The Morgan fingerprint density at radius 2 is 1.93 bits per heavy atom. The second-order valence-electron chi connectivity index (χ2n) is 7.31. The Labute approximate surface area is 183 Å². The summed E-state index contributed by atoms with van der Waals surface area (Å²) in [6, 6.07) is 5.52. The second kappa shape index (κ2) is 9.38. The molecule has 160 valence electrons. The maximum Gasteiger partial charge on any atom is 0.248 e. The fourth-order valence-corrected chi connectivity index (χ4v) is 4.95. The van der Waals surface area contributed by atoms with E-state index in [-0.39, 0.29) is 37.1 Å². The molecule has 0 bridgehead atoms. The Kier molecular flexibility index (Phi) is 6.62. The maximum atomic E-state index is 13.1. The zero-order chi connectivity index (χ0) is 21.1. The first-order chi connectivity index (χ1) is 14.5. The van der Waals surface area contributed by atoms with E-state index in [9.17, 15) is 14.4 Å². The van der Waals surface area contributed by atoms with Crippen molar-refractivity contribution in [1.29, 1.82) is 0 Å². The quantitative estimate of drug-likeness (QED) is 0.601. The molecule has 2 aliphatic heterocycles. The topological polar surface area (TPSA) is 83.1 Å². The van der Waals surface area contributed by atoms with Gasteiger partial charge in [0.05, 0.1) is 22.9 Å². The van der Waals surface area contributed by atoms with E-state index in [2.05, 4.69) is 9.88 Å². The van der Waals surface area contributed by atoms with Crippen LogP contribution in [-0.4, -0.2) is 78.4 Å². The van der Waals surface area contributed by atoms with Crippen LogP contribution in [0.4, 0.5) is 5.13 Å². The lowest BCUT2D eigenvalue weighted by Gasteiger charge is -2.28. The van der Waals surface area contributed by atoms with Crippen LogP contribution in [0.5, 0.6) is 0 Å². The molecule has 4 rings (SSSR count). The van der Waals surface area contributed by atoms with Gasteiger partial charge >= 0.3 is 0 Å². The lowest BCUT2D eigenvalue weighted by atomic mass is 10.3. The third-order valence-corrected chi connectivity index (χ3v) is 6.65. The summed E-state index contributed by atoms with van der Waals surface area (Å²) in [5.41, 5.74) is 0.651. The first-order valence-corrected chi connectivity index (χ1v) is 11.2. The number of anilines is 1. The highest BCUT2D eigenvalue weighted by molar-refractivity contribution is 7.22. The molecule has 1 aromatic heterocycles. The number of thiazole rings is 1. The molecule has 0 unspecified atom stereocenters. The van der Waals surface area contributed by atoms with Crippen molar-refractivity contribution in [1.82, 2.24) is 14.8 Å². The average Bonchev–Trinajstić information content (AvgIpc) is 3.31. The van der Waals surface area contributed by atoms with Crippen molar-refractivity contribution in [2.45, 2.75) is 19.3 Å². The van der Waals surface area contributed by atoms with Crippen LogP contribution in [0.2, 0.25) is 5.02 Å². The largest absolute Gasteiger partial charge is 0.379 e. The van der Waals surface area contributed by atoms with Crippen molar-refractivity contribution in [2.24, 2.45) is 0 Å². The minimum atomic E-state index is -0.309. The molecule has 3 heterocycles. The molecule has 2 saturated heterocycles. The first-order valence-electron chi connectivity index (χ1n) is 10.0. The van der Waals surface area contributed by atoms with Gasteiger partial charge in [-0.15, -0.1) is 0 Å². The Morgan fingerprint density at radius 3 is 2.63 bits per heavy atom. The van der Waals surface area contributed by atoms with Crippen LogP contribution in [0.3, 0.4) is 0 Å². The van der Waals surface area contributed by atoms with Gasteiger partial charge < -0.3 is 4.74 Å². The third kappa shape index (κ3) is 4.64. The Morgan fingerprint density at radius 1 is 1.20 bits per heavy atom. The zero-order valence-corrected chi connectivity index (χ0v) is 18.1. The number of carbonyl (C=O) groups excluding carboxylic acids is 3. The molecule has 0 radical (unpaired) electrons. The number of carbonyl (C=O) groups is 3. The van der Waals surface area contributed by atoms with E-state index in [1.807, 2.05) is 12.1 Å². The average molecular weight is 451 g/mol. The zero-order valence-electron chi connectivity index (χ0n) is 16.5. The summed E-state index contributed by atoms with van der Waals surface area (Å²) in [5.74, 6) is -0.904. The fraction of sp³-hybridized carbons (Fsp3) is 0.500. The normalized spacial score (nSPS) is 17.8. The number of aromatic nitrogens is 1.